The lowest BCUT2D eigenvalue weighted by atomic mass is 10.1. The van der Waals surface area contributed by atoms with Gasteiger partial charge in [-0.3, -0.25) is 4.79 Å². The SMILES string of the molecule is CCc1cnc(N)nc1-c1c[nH]c(C(=O)NCCc2c[nH]c3cc(OC)ccc23)c1. The molecule has 0 aliphatic carbocycles. The van der Waals surface area contributed by atoms with Crippen molar-refractivity contribution in [1.82, 2.24) is 25.3 Å². The number of rotatable bonds is 7. The molecule has 0 saturated carbocycles. The smallest absolute Gasteiger partial charge is 0.267 e. The van der Waals surface area contributed by atoms with Crippen molar-refractivity contribution in [3.05, 3.63) is 59.7 Å². The molecule has 0 aliphatic rings. The van der Waals surface area contributed by atoms with Gasteiger partial charge in [0.25, 0.3) is 5.91 Å². The molecule has 1 aromatic carbocycles. The van der Waals surface area contributed by atoms with Crippen LogP contribution >= 0.6 is 0 Å². The highest BCUT2D eigenvalue weighted by atomic mass is 16.5. The van der Waals surface area contributed by atoms with E-state index in [1.165, 1.54) is 0 Å². The van der Waals surface area contributed by atoms with Gasteiger partial charge in [-0.2, -0.15) is 0 Å². The van der Waals surface area contributed by atoms with Crippen molar-refractivity contribution in [2.24, 2.45) is 0 Å². The van der Waals surface area contributed by atoms with E-state index in [-0.39, 0.29) is 11.9 Å². The second kappa shape index (κ2) is 8.28. The van der Waals surface area contributed by atoms with Crippen LogP contribution in [0.3, 0.4) is 0 Å². The number of nitrogens with one attached hydrogen (secondary N) is 3. The zero-order valence-electron chi connectivity index (χ0n) is 17.0. The number of benzene rings is 1. The predicted molar refractivity (Wildman–Crippen MR) is 116 cm³/mol. The first-order valence-corrected chi connectivity index (χ1v) is 9.81. The summed E-state index contributed by atoms with van der Waals surface area (Å²) in [6, 6.07) is 7.71. The lowest BCUT2D eigenvalue weighted by Gasteiger charge is -2.05. The van der Waals surface area contributed by atoms with Gasteiger partial charge < -0.3 is 25.8 Å². The van der Waals surface area contributed by atoms with Crippen LogP contribution in [0.15, 0.2) is 42.9 Å². The third kappa shape index (κ3) is 3.84. The first-order chi connectivity index (χ1) is 14.6. The largest absolute Gasteiger partial charge is 0.497 e. The molecule has 0 fully saturated rings. The van der Waals surface area contributed by atoms with Crippen molar-refractivity contribution in [2.45, 2.75) is 19.8 Å². The van der Waals surface area contributed by atoms with Gasteiger partial charge in [0.05, 0.1) is 12.8 Å². The monoisotopic (exact) mass is 404 g/mol. The van der Waals surface area contributed by atoms with E-state index in [1.54, 1.807) is 25.6 Å². The predicted octanol–water partition coefficient (Wildman–Crippen LogP) is 3.08. The molecular weight excluding hydrogens is 380 g/mol. The summed E-state index contributed by atoms with van der Waals surface area (Å²) in [6.07, 6.45) is 6.95. The number of nitrogens with two attached hydrogens (primary N) is 1. The van der Waals surface area contributed by atoms with Crippen LogP contribution in [0.1, 0.15) is 28.5 Å². The first-order valence-electron chi connectivity index (χ1n) is 9.81. The average molecular weight is 404 g/mol. The molecule has 0 atom stereocenters. The van der Waals surface area contributed by atoms with Crippen molar-refractivity contribution < 1.29 is 9.53 Å². The molecule has 0 unspecified atom stereocenters. The number of amides is 1. The molecule has 0 spiro atoms. The highest BCUT2D eigenvalue weighted by Crippen LogP contribution is 2.24. The molecule has 0 aliphatic heterocycles. The van der Waals surface area contributed by atoms with E-state index < -0.39 is 0 Å². The van der Waals surface area contributed by atoms with Gasteiger partial charge in [0.1, 0.15) is 11.4 Å². The van der Waals surface area contributed by atoms with Crippen LogP contribution in [0, 0.1) is 0 Å². The maximum absolute atomic E-state index is 12.6. The van der Waals surface area contributed by atoms with E-state index in [4.69, 9.17) is 10.5 Å². The minimum atomic E-state index is -0.164. The summed E-state index contributed by atoms with van der Waals surface area (Å²) in [7, 11) is 1.65. The van der Waals surface area contributed by atoms with E-state index in [0.717, 1.165) is 45.5 Å². The van der Waals surface area contributed by atoms with Crippen molar-refractivity contribution in [3.8, 4) is 17.0 Å². The van der Waals surface area contributed by atoms with Gasteiger partial charge in [0, 0.05) is 47.7 Å². The van der Waals surface area contributed by atoms with Crippen LogP contribution in [0.2, 0.25) is 0 Å². The Kier molecular flexibility index (Phi) is 5.38. The number of fused-ring (bicyclic) bond motifs is 1. The third-order valence-corrected chi connectivity index (χ3v) is 5.12. The Hall–Kier alpha value is -3.81. The zero-order valence-corrected chi connectivity index (χ0v) is 17.0. The maximum Gasteiger partial charge on any atom is 0.267 e. The van der Waals surface area contributed by atoms with Crippen LogP contribution in [-0.4, -0.2) is 39.5 Å². The van der Waals surface area contributed by atoms with Crippen LogP contribution in [0.25, 0.3) is 22.2 Å². The fourth-order valence-corrected chi connectivity index (χ4v) is 3.50. The molecule has 1 amide bonds. The van der Waals surface area contributed by atoms with Gasteiger partial charge in [-0.15, -0.1) is 0 Å². The molecule has 8 heteroatoms. The number of H-pyrrole nitrogens is 2. The number of aryl methyl sites for hydroxylation is 1. The van der Waals surface area contributed by atoms with Crippen molar-refractivity contribution in [2.75, 3.05) is 19.4 Å². The molecule has 0 saturated heterocycles. The quantitative estimate of drug-likeness (QED) is 0.377. The van der Waals surface area contributed by atoms with Gasteiger partial charge in [0.2, 0.25) is 5.95 Å². The summed E-state index contributed by atoms with van der Waals surface area (Å²) in [5.74, 6) is 0.858. The summed E-state index contributed by atoms with van der Waals surface area (Å²) in [5.41, 5.74) is 10.9. The number of hydrogen-bond donors (Lipinski definition) is 4. The number of aromatic nitrogens is 4. The summed E-state index contributed by atoms with van der Waals surface area (Å²) < 4.78 is 5.25. The number of hydrogen-bond acceptors (Lipinski definition) is 5. The van der Waals surface area contributed by atoms with Gasteiger partial charge in [-0.25, -0.2) is 9.97 Å². The fraction of sp³-hybridized carbons (Fsp3) is 0.227. The summed E-state index contributed by atoms with van der Waals surface area (Å²) >= 11 is 0. The number of aromatic amines is 2. The molecule has 30 heavy (non-hydrogen) atoms. The standard InChI is InChI=1S/C22H24N6O2/c1-3-13-10-27-22(23)28-20(13)15-8-19(26-12-15)21(29)24-7-6-14-11-25-18-9-16(30-2)4-5-17(14)18/h4-5,8-12,25-26H,3,6-7H2,1-2H3,(H,24,29)(H2,23,27,28). The Morgan fingerprint density at radius 3 is 2.87 bits per heavy atom. The second-order valence-corrected chi connectivity index (χ2v) is 6.99. The molecule has 0 radical (unpaired) electrons. The minimum Gasteiger partial charge on any atom is -0.497 e. The number of nitrogens with zero attached hydrogens (tertiary/aromatic N) is 2. The normalized spacial score (nSPS) is 11.0. The van der Waals surface area contributed by atoms with E-state index in [9.17, 15) is 4.79 Å². The fourth-order valence-electron chi connectivity index (χ4n) is 3.50. The zero-order chi connectivity index (χ0) is 21.1. The van der Waals surface area contributed by atoms with E-state index >= 15 is 0 Å². The van der Waals surface area contributed by atoms with Gasteiger partial charge in [-0.05, 0) is 42.2 Å². The number of ether oxygens (including phenoxy) is 1. The number of methoxy groups -OCH3 is 1. The van der Waals surface area contributed by atoms with E-state index in [1.807, 2.05) is 31.3 Å². The van der Waals surface area contributed by atoms with E-state index in [2.05, 4.69) is 25.3 Å². The number of carbonyl (C=O) groups is 1. The highest BCUT2D eigenvalue weighted by molar-refractivity contribution is 5.94. The maximum atomic E-state index is 12.6. The number of nitrogen functional groups attached to an aromatic ring is 1. The van der Waals surface area contributed by atoms with Gasteiger partial charge in [0.15, 0.2) is 0 Å². The van der Waals surface area contributed by atoms with Crippen LogP contribution in [-0.2, 0) is 12.8 Å². The molecular formula is C22H24N6O2. The molecule has 3 aromatic heterocycles. The van der Waals surface area contributed by atoms with Crippen molar-refractivity contribution in [3.63, 3.8) is 0 Å². The lowest BCUT2D eigenvalue weighted by molar-refractivity contribution is 0.0950. The van der Waals surface area contributed by atoms with Crippen molar-refractivity contribution >= 4 is 22.8 Å². The summed E-state index contributed by atoms with van der Waals surface area (Å²) in [6.45, 7) is 2.55. The van der Waals surface area contributed by atoms with Crippen molar-refractivity contribution in [1.29, 1.82) is 0 Å². The molecule has 154 valence electrons. The molecule has 0 bridgehead atoms. The van der Waals surface area contributed by atoms with Crippen LogP contribution in [0.5, 0.6) is 5.75 Å². The minimum absolute atomic E-state index is 0.164. The Morgan fingerprint density at radius 2 is 2.07 bits per heavy atom. The van der Waals surface area contributed by atoms with E-state index in [0.29, 0.717) is 18.7 Å². The Bertz CT molecular complexity index is 1190. The third-order valence-electron chi connectivity index (χ3n) is 5.12. The van der Waals surface area contributed by atoms with Gasteiger partial charge in [-0.1, -0.05) is 6.92 Å². The van der Waals surface area contributed by atoms with Gasteiger partial charge >= 0.3 is 0 Å². The summed E-state index contributed by atoms with van der Waals surface area (Å²) in [4.78, 5) is 27.2. The Labute approximate surface area is 173 Å². The highest BCUT2D eigenvalue weighted by Gasteiger charge is 2.13. The van der Waals surface area contributed by atoms with Crippen LogP contribution < -0.4 is 15.8 Å². The molecule has 4 aromatic rings. The van der Waals surface area contributed by atoms with Crippen LogP contribution in [0.4, 0.5) is 5.95 Å². The number of carbonyl (C=O) groups excluding carboxylic acids is 1. The average Bonchev–Trinajstić information content (AvgIpc) is 3.41. The Morgan fingerprint density at radius 1 is 1.20 bits per heavy atom. The molecule has 5 N–H and O–H groups in total. The Balaban J connectivity index is 1.42. The summed E-state index contributed by atoms with van der Waals surface area (Å²) in [5, 5.41) is 4.09. The first kappa shape index (κ1) is 19.5. The molecule has 3 heterocycles. The number of anilines is 1. The molecule has 8 nitrogen and oxygen atoms in total. The lowest BCUT2D eigenvalue weighted by Crippen LogP contribution is -2.25. The second-order valence-electron chi connectivity index (χ2n) is 6.99. The topological polar surface area (TPSA) is 122 Å². The molecule has 4 rings (SSSR count).